The van der Waals surface area contributed by atoms with Gasteiger partial charge >= 0.3 is 0 Å². The number of rotatable bonds is 7. The summed E-state index contributed by atoms with van der Waals surface area (Å²) >= 11 is 0. The van der Waals surface area contributed by atoms with Gasteiger partial charge in [-0.1, -0.05) is 49.4 Å². The van der Waals surface area contributed by atoms with E-state index in [2.05, 4.69) is 51.7 Å². The molecule has 0 amide bonds. The van der Waals surface area contributed by atoms with Crippen LogP contribution in [0.25, 0.3) is 0 Å². The van der Waals surface area contributed by atoms with E-state index in [1.54, 1.807) is 19.2 Å². The molecule has 5 nitrogen and oxygen atoms in total. The molecule has 0 aromatic heterocycles. The van der Waals surface area contributed by atoms with Crippen LogP contribution < -0.4 is 10.6 Å². The largest absolute Gasteiger partial charge is 0.379 e. The van der Waals surface area contributed by atoms with Crippen LogP contribution in [0.2, 0.25) is 0 Å². The van der Waals surface area contributed by atoms with E-state index in [1.165, 1.54) is 11.6 Å². The lowest BCUT2D eigenvalue weighted by Crippen LogP contribution is -2.46. The number of hydrogen-bond donors (Lipinski definition) is 2. The van der Waals surface area contributed by atoms with Crippen molar-refractivity contribution in [3.63, 3.8) is 0 Å². The second kappa shape index (κ2) is 12.9. The monoisotopic (exact) mass is 526 g/mol. The molecule has 0 aliphatic carbocycles. The average molecular weight is 526 g/mol. The molecule has 1 fully saturated rings. The molecule has 1 heterocycles. The molecular formula is C23H32FIN4O. The number of guanidine groups is 1. The van der Waals surface area contributed by atoms with Crippen molar-refractivity contribution in [2.45, 2.75) is 18.9 Å². The van der Waals surface area contributed by atoms with Crippen LogP contribution in [0.15, 0.2) is 59.6 Å². The number of aliphatic imine (C=N–C) groups is 1. The summed E-state index contributed by atoms with van der Waals surface area (Å²) in [5.41, 5.74) is 2.26. The molecule has 2 unspecified atom stereocenters. The normalized spacial score (nSPS) is 17.0. The Morgan fingerprint density at radius 3 is 2.37 bits per heavy atom. The molecule has 2 N–H and O–H groups in total. The number of benzene rings is 2. The van der Waals surface area contributed by atoms with Crippen LogP contribution in [-0.2, 0) is 4.74 Å². The summed E-state index contributed by atoms with van der Waals surface area (Å²) in [6.45, 7) is 6.69. The second-order valence-electron chi connectivity index (χ2n) is 7.36. The molecule has 0 radical (unpaired) electrons. The maximum atomic E-state index is 13.8. The van der Waals surface area contributed by atoms with Crippen LogP contribution in [-0.4, -0.2) is 57.3 Å². The molecular weight excluding hydrogens is 494 g/mol. The average Bonchev–Trinajstić information content (AvgIpc) is 2.77. The van der Waals surface area contributed by atoms with Crippen LogP contribution in [0, 0.1) is 5.82 Å². The smallest absolute Gasteiger partial charge is 0.191 e. The van der Waals surface area contributed by atoms with Crippen molar-refractivity contribution in [1.29, 1.82) is 0 Å². The van der Waals surface area contributed by atoms with Gasteiger partial charge in [0.15, 0.2) is 5.96 Å². The third kappa shape index (κ3) is 7.21. The first-order valence-corrected chi connectivity index (χ1v) is 10.2. The summed E-state index contributed by atoms with van der Waals surface area (Å²) in [4.78, 5) is 6.70. The highest BCUT2D eigenvalue weighted by atomic mass is 127. The van der Waals surface area contributed by atoms with E-state index in [4.69, 9.17) is 4.74 Å². The van der Waals surface area contributed by atoms with Crippen molar-refractivity contribution in [3.05, 3.63) is 71.5 Å². The fraction of sp³-hybridized carbons (Fsp3) is 0.435. The highest BCUT2D eigenvalue weighted by Gasteiger charge is 2.23. The zero-order valence-electron chi connectivity index (χ0n) is 17.7. The van der Waals surface area contributed by atoms with Crippen LogP contribution in [0.5, 0.6) is 0 Å². The zero-order chi connectivity index (χ0) is 20.5. The van der Waals surface area contributed by atoms with Gasteiger partial charge in [0.1, 0.15) is 5.82 Å². The van der Waals surface area contributed by atoms with Gasteiger partial charge in [-0.3, -0.25) is 9.89 Å². The van der Waals surface area contributed by atoms with E-state index >= 15 is 0 Å². The standard InChI is InChI=1S/C23H31FN4O.HI/c1-18(19-7-4-3-5-8-19)16-26-23(25-2)27-17-22(28-11-13-29-14-12-28)20-9-6-10-21(24)15-20;/h3-10,15,18,22H,11-14,16-17H2,1-2H3,(H2,25,26,27);1H. The van der Waals surface area contributed by atoms with Crippen molar-refractivity contribution in [2.75, 3.05) is 46.4 Å². The summed E-state index contributed by atoms with van der Waals surface area (Å²) < 4.78 is 19.3. The van der Waals surface area contributed by atoms with Crippen LogP contribution in [0.4, 0.5) is 4.39 Å². The number of ether oxygens (including phenoxy) is 1. The van der Waals surface area contributed by atoms with E-state index in [9.17, 15) is 4.39 Å². The van der Waals surface area contributed by atoms with Crippen molar-refractivity contribution in [3.8, 4) is 0 Å². The highest BCUT2D eigenvalue weighted by Crippen LogP contribution is 2.22. The van der Waals surface area contributed by atoms with Crippen molar-refractivity contribution in [1.82, 2.24) is 15.5 Å². The third-order valence-electron chi connectivity index (χ3n) is 5.35. The minimum absolute atomic E-state index is 0. The van der Waals surface area contributed by atoms with Gasteiger partial charge in [-0.05, 0) is 29.2 Å². The number of nitrogens with zero attached hydrogens (tertiary/aromatic N) is 2. The Balaban J connectivity index is 0.00000320. The van der Waals surface area contributed by atoms with Crippen LogP contribution in [0.3, 0.4) is 0 Å². The molecule has 2 aromatic carbocycles. The van der Waals surface area contributed by atoms with Gasteiger partial charge in [0.05, 0.1) is 19.3 Å². The molecule has 1 saturated heterocycles. The summed E-state index contributed by atoms with van der Waals surface area (Å²) in [5, 5.41) is 6.84. The molecule has 0 spiro atoms. The lowest BCUT2D eigenvalue weighted by molar-refractivity contribution is 0.0169. The maximum Gasteiger partial charge on any atom is 0.191 e. The van der Waals surface area contributed by atoms with Crippen LogP contribution >= 0.6 is 24.0 Å². The molecule has 164 valence electrons. The van der Waals surface area contributed by atoms with Gasteiger partial charge in [0.2, 0.25) is 0 Å². The van der Waals surface area contributed by atoms with E-state index in [0.717, 1.165) is 31.2 Å². The molecule has 30 heavy (non-hydrogen) atoms. The van der Waals surface area contributed by atoms with Crippen LogP contribution in [0.1, 0.15) is 30.0 Å². The lowest BCUT2D eigenvalue weighted by Gasteiger charge is -2.35. The molecule has 1 aliphatic heterocycles. The fourth-order valence-corrected chi connectivity index (χ4v) is 3.62. The number of hydrogen-bond acceptors (Lipinski definition) is 3. The summed E-state index contributed by atoms with van der Waals surface area (Å²) in [6, 6.07) is 17.3. The van der Waals surface area contributed by atoms with Gasteiger partial charge < -0.3 is 15.4 Å². The third-order valence-corrected chi connectivity index (χ3v) is 5.35. The predicted octanol–water partition coefficient (Wildman–Crippen LogP) is 3.79. The Kier molecular flexibility index (Phi) is 10.5. The topological polar surface area (TPSA) is 48.9 Å². The molecule has 3 rings (SSSR count). The maximum absolute atomic E-state index is 13.8. The summed E-state index contributed by atoms with van der Waals surface area (Å²) in [7, 11) is 1.77. The van der Waals surface area contributed by atoms with E-state index < -0.39 is 0 Å². The minimum atomic E-state index is -0.208. The summed E-state index contributed by atoms with van der Waals surface area (Å²) in [6.07, 6.45) is 0. The first-order valence-electron chi connectivity index (χ1n) is 10.2. The second-order valence-corrected chi connectivity index (χ2v) is 7.36. The SMILES string of the molecule is CN=C(NCC(C)c1ccccc1)NCC(c1cccc(F)c1)N1CCOCC1.I. The molecule has 0 saturated carbocycles. The van der Waals surface area contributed by atoms with Gasteiger partial charge in [-0.15, -0.1) is 24.0 Å². The number of nitrogens with one attached hydrogen (secondary N) is 2. The van der Waals surface area contributed by atoms with E-state index in [1.807, 2.05) is 12.1 Å². The van der Waals surface area contributed by atoms with Gasteiger partial charge in [0.25, 0.3) is 0 Å². The quantitative estimate of drug-likeness (QED) is 0.328. The Morgan fingerprint density at radius 2 is 1.70 bits per heavy atom. The predicted molar refractivity (Wildman–Crippen MR) is 131 cm³/mol. The van der Waals surface area contributed by atoms with Crippen molar-refractivity contribution < 1.29 is 9.13 Å². The number of halogens is 2. The van der Waals surface area contributed by atoms with E-state index in [0.29, 0.717) is 25.7 Å². The first-order chi connectivity index (χ1) is 14.2. The Bertz CT molecular complexity index is 784. The Hall–Kier alpha value is -1.71. The minimum Gasteiger partial charge on any atom is -0.379 e. The number of morpholine rings is 1. The molecule has 0 bridgehead atoms. The molecule has 2 atom stereocenters. The molecule has 7 heteroatoms. The zero-order valence-corrected chi connectivity index (χ0v) is 20.0. The van der Waals surface area contributed by atoms with Gasteiger partial charge in [-0.2, -0.15) is 0 Å². The lowest BCUT2D eigenvalue weighted by atomic mass is 10.0. The first kappa shape index (κ1) is 24.6. The molecule has 1 aliphatic rings. The Labute approximate surface area is 196 Å². The summed E-state index contributed by atoms with van der Waals surface area (Å²) in [5.74, 6) is 0.912. The van der Waals surface area contributed by atoms with Crippen molar-refractivity contribution in [2.24, 2.45) is 4.99 Å². The van der Waals surface area contributed by atoms with Crippen molar-refractivity contribution >= 4 is 29.9 Å². The fourth-order valence-electron chi connectivity index (χ4n) is 3.62. The van der Waals surface area contributed by atoms with E-state index in [-0.39, 0.29) is 35.8 Å². The van der Waals surface area contributed by atoms with Gasteiger partial charge in [-0.25, -0.2) is 4.39 Å². The Morgan fingerprint density at radius 1 is 1.03 bits per heavy atom. The highest BCUT2D eigenvalue weighted by molar-refractivity contribution is 14.0. The molecule has 2 aromatic rings. The van der Waals surface area contributed by atoms with Gasteiger partial charge in [0, 0.05) is 33.2 Å².